The summed E-state index contributed by atoms with van der Waals surface area (Å²) in [7, 11) is 4.30. The summed E-state index contributed by atoms with van der Waals surface area (Å²) in [6, 6.07) is 0.563. The molecular formula is C13H21BrN4. The molecule has 0 saturated carbocycles. The van der Waals surface area contributed by atoms with Crippen LogP contribution in [-0.4, -0.2) is 43.1 Å². The molecule has 1 aromatic rings. The van der Waals surface area contributed by atoms with Gasteiger partial charge in [-0.2, -0.15) is 0 Å². The molecule has 0 amide bonds. The summed E-state index contributed by atoms with van der Waals surface area (Å²) in [6.07, 6.45) is 4.12. The molecule has 0 aliphatic carbocycles. The molecule has 4 nitrogen and oxygen atoms in total. The summed E-state index contributed by atoms with van der Waals surface area (Å²) in [6.45, 7) is 4.33. The predicted octanol–water partition coefficient (Wildman–Crippen LogP) is 2.27. The van der Waals surface area contributed by atoms with Crippen molar-refractivity contribution in [3.63, 3.8) is 0 Å². The van der Waals surface area contributed by atoms with Crippen molar-refractivity contribution in [1.82, 2.24) is 9.88 Å². The van der Waals surface area contributed by atoms with E-state index in [-0.39, 0.29) is 0 Å². The van der Waals surface area contributed by atoms with Crippen LogP contribution in [0.25, 0.3) is 0 Å². The first-order valence-corrected chi connectivity index (χ1v) is 7.12. The van der Waals surface area contributed by atoms with Crippen LogP contribution in [-0.2, 0) is 0 Å². The zero-order valence-corrected chi connectivity index (χ0v) is 12.9. The molecule has 0 spiro atoms. The van der Waals surface area contributed by atoms with Crippen LogP contribution < -0.4 is 10.6 Å². The molecule has 1 fully saturated rings. The molecule has 0 radical (unpaired) electrons. The third-order valence-electron chi connectivity index (χ3n) is 3.85. The lowest BCUT2D eigenvalue weighted by molar-refractivity contribution is 0.252. The first-order valence-electron chi connectivity index (χ1n) is 6.32. The van der Waals surface area contributed by atoms with Crippen LogP contribution >= 0.6 is 15.9 Å². The lowest BCUT2D eigenvalue weighted by Gasteiger charge is -2.36. The predicted molar refractivity (Wildman–Crippen MR) is 80.0 cm³/mol. The average molecular weight is 313 g/mol. The van der Waals surface area contributed by atoms with E-state index in [9.17, 15) is 0 Å². The highest BCUT2D eigenvalue weighted by Crippen LogP contribution is 2.32. The average Bonchev–Trinajstić information content (AvgIpc) is 2.36. The molecule has 1 aliphatic heterocycles. The topological polar surface area (TPSA) is 45.4 Å². The molecule has 1 aromatic heterocycles. The number of aromatic nitrogens is 1. The number of nitrogens with two attached hydrogens (primary N) is 1. The van der Waals surface area contributed by atoms with Gasteiger partial charge in [-0.05, 0) is 61.4 Å². The Balaban J connectivity index is 2.18. The molecule has 0 unspecified atom stereocenters. The zero-order chi connectivity index (χ0) is 13.3. The number of piperidine rings is 1. The quantitative estimate of drug-likeness (QED) is 0.910. The summed E-state index contributed by atoms with van der Waals surface area (Å²) in [5.41, 5.74) is 7.68. The largest absolute Gasteiger partial charge is 0.397 e. The van der Waals surface area contributed by atoms with E-state index < -0.39 is 0 Å². The monoisotopic (exact) mass is 312 g/mol. The van der Waals surface area contributed by atoms with Gasteiger partial charge in [0.25, 0.3) is 0 Å². The van der Waals surface area contributed by atoms with E-state index in [4.69, 9.17) is 5.73 Å². The Morgan fingerprint density at radius 1 is 1.44 bits per heavy atom. The number of hydrogen-bond donors (Lipinski definition) is 1. The fraction of sp³-hybridized carbons (Fsp3) is 0.615. The zero-order valence-electron chi connectivity index (χ0n) is 11.3. The lowest BCUT2D eigenvalue weighted by atomic mass is 10.0. The van der Waals surface area contributed by atoms with Gasteiger partial charge in [-0.1, -0.05) is 0 Å². The van der Waals surface area contributed by atoms with Crippen LogP contribution in [0.15, 0.2) is 10.7 Å². The van der Waals surface area contributed by atoms with Gasteiger partial charge in [0.15, 0.2) is 0 Å². The number of rotatable bonds is 2. The van der Waals surface area contributed by atoms with Crippen molar-refractivity contribution in [2.75, 3.05) is 37.8 Å². The Bertz CT molecular complexity index is 427. The number of pyridine rings is 1. The molecule has 0 atom stereocenters. The van der Waals surface area contributed by atoms with Crippen LogP contribution in [0.3, 0.4) is 0 Å². The highest BCUT2D eigenvalue weighted by molar-refractivity contribution is 9.10. The molecule has 2 N–H and O–H groups in total. The standard InChI is InChI=1S/C13H21BrN4/c1-9-11(15)8-16-13(12(9)14)18(3)10-4-6-17(2)7-5-10/h8,10H,4-7,15H2,1-3H3. The number of nitrogen functional groups attached to an aromatic ring is 1. The van der Waals surface area contributed by atoms with Crippen LogP contribution in [0.4, 0.5) is 11.5 Å². The van der Waals surface area contributed by atoms with Crippen LogP contribution in [0.1, 0.15) is 18.4 Å². The molecular weight excluding hydrogens is 292 g/mol. The molecule has 5 heteroatoms. The van der Waals surface area contributed by atoms with E-state index in [1.807, 2.05) is 6.92 Å². The summed E-state index contributed by atoms with van der Waals surface area (Å²) in [4.78, 5) is 9.13. The smallest absolute Gasteiger partial charge is 0.143 e. The Morgan fingerprint density at radius 2 is 2.06 bits per heavy atom. The Kier molecular flexibility index (Phi) is 4.12. The highest BCUT2D eigenvalue weighted by atomic mass is 79.9. The summed E-state index contributed by atoms with van der Waals surface area (Å²) in [5, 5.41) is 0. The fourth-order valence-corrected chi connectivity index (χ4v) is 2.99. The van der Waals surface area contributed by atoms with Crippen LogP contribution in [0.5, 0.6) is 0 Å². The van der Waals surface area contributed by atoms with Gasteiger partial charge in [0.05, 0.1) is 16.4 Å². The Morgan fingerprint density at radius 3 is 2.67 bits per heavy atom. The van der Waals surface area contributed by atoms with E-state index in [0.717, 1.165) is 34.6 Å². The maximum atomic E-state index is 5.87. The Hall–Kier alpha value is -0.810. The Labute approximate surface area is 117 Å². The van der Waals surface area contributed by atoms with Crippen molar-refractivity contribution in [2.45, 2.75) is 25.8 Å². The van der Waals surface area contributed by atoms with Crippen molar-refractivity contribution in [2.24, 2.45) is 0 Å². The van der Waals surface area contributed by atoms with Crippen LogP contribution in [0, 0.1) is 6.92 Å². The van der Waals surface area contributed by atoms with E-state index in [2.05, 4.69) is 44.8 Å². The maximum absolute atomic E-state index is 5.87. The molecule has 1 saturated heterocycles. The minimum Gasteiger partial charge on any atom is -0.397 e. The van der Waals surface area contributed by atoms with Gasteiger partial charge in [-0.15, -0.1) is 0 Å². The van der Waals surface area contributed by atoms with Crippen LogP contribution in [0.2, 0.25) is 0 Å². The minimum atomic E-state index is 0.563. The molecule has 0 bridgehead atoms. The fourth-order valence-electron chi connectivity index (χ4n) is 2.38. The van der Waals surface area contributed by atoms with Crippen molar-refractivity contribution < 1.29 is 0 Å². The number of hydrogen-bond acceptors (Lipinski definition) is 4. The van der Waals surface area contributed by atoms with Gasteiger partial charge in [0, 0.05) is 13.1 Å². The maximum Gasteiger partial charge on any atom is 0.143 e. The van der Waals surface area contributed by atoms with Gasteiger partial charge in [0.2, 0.25) is 0 Å². The van der Waals surface area contributed by atoms with Gasteiger partial charge in [-0.3, -0.25) is 0 Å². The SMILES string of the molecule is Cc1c(N)cnc(N(C)C2CCN(C)CC2)c1Br. The third kappa shape index (κ3) is 2.62. The summed E-state index contributed by atoms with van der Waals surface area (Å²) < 4.78 is 1.02. The van der Waals surface area contributed by atoms with Crippen molar-refractivity contribution in [1.29, 1.82) is 0 Å². The number of nitrogens with zero attached hydrogens (tertiary/aromatic N) is 3. The molecule has 2 heterocycles. The first-order chi connectivity index (χ1) is 8.50. The third-order valence-corrected chi connectivity index (χ3v) is 4.80. The number of halogens is 1. The second-order valence-electron chi connectivity index (χ2n) is 5.12. The molecule has 1 aliphatic rings. The van der Waals surface area contributed by atoms with Gasteiger partial charge >= 0.3 is 0 Å². The highest BCUT2D eigenvalue weighted by Gasteiger charge is 2.23. The van der Waals surface area contributed by atoms with Crippen molar-refractivity contribution in [3.8, 4) is 0 Å². The van der Waals surface area contributed by atoms with E-state index in [1.165, 1.54) is 12.8 Å². The van der Waals surface area contributed by atoms with Gasteiger partial charge < -0.3 is 15.5 Å². The molecule has 2 rings (SSSR count). The number of anilines is 2. The van der Waals surface area contributed by atoms with Crippen molar-refractivity contribution >= 4 is 27.4 Å². The van der Waals surface area contributed by atoms with E-state index in [0.29, 0.717) is 6.04 Å². The summed E-state index contributed by atoms with van der Waals surface area (Å²) in [5.74, 6) is 0.997. The molecule has 18 heavy (non-hydrogen) atoms. The summed E-state index contributed by atoms with van der Waals surface area (Å²) >= 11 is 3.62. The second kappa shape index (κ2) is 5.45. The second-order valence-corrected chi connectivity index (χ2v) is 5.91. The molecule has 0 aromatic carbocycles. The normalized spacial score (nSPS) is 18.0. The van der Waals surface area contributed by atoms with Crippen molar-refractivity contribution in [3.05, 3.63) is 16.2 Å². The number of likely N-dealkylation sites (tertiary alicyclic amines) is 1. The van der Waals surface area contributed by atoms with Gasteiger partial charge in [-0.25, -0.2) is 4.98 Å². The van der Waals surface area contributed by atoms with E-state index >= 15 is 0 Å². The first kappa shape index (κ1) is 13.6. The van der Waals surface area contributed by atoms with Gasteiger partial charge in [0.1, 0.15) is 5.82 Å². The molecule has 100 valence electrons. The lowest BCUT2D eigenvalue weighted by Crippen LogP contribution is -2.42. The van der Waals surface area contributed by atoms with E-state index in [1.54, 1.807) is 6.20 Å². The minimum absolute atomic E-state index is 0.563.